The summed E-state index contributed by atoms with van der Waals surface area (Å²) in [6, 6.07) is 12.8. The lowest BCUT2D eigenvalue weighted by molar-refractivity contribution is -0.130. The van der Waals surface area contributed by atoms with Gasteiger partial charge in [-0.05, 0) is 31.0 Å². The van der Waals surface area contributed by atoms with Crippen LogP contribution in [0.25, 0.3) is 0 Å². The quantitative estimate of drug-likeness (QED) is 0.531. The number of piperazine rings is 1. The summed E-state index contributed by atoms with van der Waals surface area (Å²) in [7, 11) is 0. The summed E-state index contributed by atoms with van der Waals surface area (Å²) in [5.74, 6) is 0.0433. The number of hydrogen-bond acceptors (Lipinski definition) is 6. The number of benzene rings is 1. The van der Waals surface area contributed by atoms with Gasteiger partial charge in [0, 0.05) is 38.4 Å². The van der Waals surface area contributed by atoms with Crippen molar-refractivity contribution in [2.75, 3.05) is 25.4 Å². The number of carbonyl (C=O) groups is 2. The number of nitrogen functional groups attached to an aromatic ring is 1. The molecular weight excluding hydrogens is 380 g/mol. The molecule has 2 atom stereocenters. The molecule has 1 aromatic heterocycles. The first kappa shape index (κ1) is 21.7. The van der Waals surface area contributed by atoms with Crippen LogP contribution in [-0.4, -0.2) is 53.4 Å². The average Bonchev–Trinajstić information content (AvgIpc) is 2.73. The second-order valence-corrected chi connectivity index (χ2v) is 7.66. The fourth-order valence-electron chi connectivity index (χ4n) is 3.48. The highest BCUT2D eigenvalue weighted by Crippen LogP contribution is 2.09. The van der Waals surface area contributed by atoms with Crippen molar-refractivity contribution in [2.45, 2.75) is 39.0 Å². The molecule has 2 amide bonds. The van der Waals surface area contributed by atoms with Gasteiger partial charge in [0.15, 0.2) is 0 Å². The maximum atomic E-state index is 12.7. The Morgan fingerprint density at radius 3 is 2.77 bits per heavy atom. The Hall–Kier alpha value is -2.97. The molecule has 0 saturated carbocycles. The maximum Gasteiger partial charge on any atom is 0.242 e. The van der Waals surface area contributed by atoms with Gasteiger partial charge in [0.05, 0.1) is 6.04 Å². The molecule has 0 radical (unpaired) electrons. The van der Waals surface area contributed by atoms with Gasteiger partial charge in [-0.25, -0.2) is 4.98 Å². The molecule has 1 unspecified atom stereocenters. The first-order valence-corrected chi connectivity index (χ1v) is 10.2. The number of amides is 2. The third-order valence-electron chi connectivity index (χ3n) is 5.25. The first-order valence-electron chi connectivity index (χ1n) is 10.2. The Morgan fingerprint density at radius 1 is 1.27 bits per heavy atom. The van der Waals surface area contributed by atoms with E-state index < -0.39 is 6.04 Å². The van der Waals surface area contributed by atoms with E-state index in [1.165, 1.54) is 5.56 Å². The molecule has 1 aliphatic rings. The third-order valence-corrected chi connectivity index (χ3v) is 5.25. The number of rotatable bonds is 7. The lowest BCUT2D eigenvalue weighted by Gasteiger charge is -2.33. The SMILES string of the molecule is Cc1nc(N)ccc1CNC(=O)C(C)NC(=O)[C@H]1CN(Cc2ccccc2)CCN1. The lowest BCUT2D eigenvalue weighted by atomic mass is 10.1. The molecule has 0 aliphatic carbocycles. The molecular formula is C22H30N6O2. The lowest BCUT2D eigenvalue weighted by Crippen LogP contribution is -2.59. The second-order valence-electron chi connectivity index (χ2n) is 7.66. The standard InChI is InChI=1S/C22H30N6O2/c1-15-18(8-9-20(23)26-15)12-25-21(29)16(2)27-22(30)19-14-28(11-10-24-19)13-17-6-4-3-5-7-17/h3-9,16,19,24H,10-14H2,1-2H3,(H2,23,26)(H,25,29)(H,27,30)/t16?,19-/m1/s1. The van der Waals surface area contributed by atoms with E-state index in [2.05, 4.69) is 38.0 Å². The Labute approximate surface area is 177 Å². The highest BCUT2D eigenvalue weighted by molar-refractivity contribution is 5.89. The molecule has 2 aromatic rings. The number of nitrogens with zero attached hydrogens (tertiary/aromatic N) is 2. The number of anilines is 1. The molecule has 1 saturated heterocycles. The summed E-state index contributed by atoms with van der Waals surface area (Å²) in [5.41, 5.74) is 8.54. The van der Waals surface area contributed by atoms with E-state index in [1.54, 1.807) is 13.0 Å². The third kappa shape index (κ3) is 6.01. The van der Waals surface area contributed by atoms with Crippen molar-refractivity contribution < 1.29 is 9.59 Å². The minimum absolute atomic E-state index is 0.166. The summed E-state index contributed by atoms with van der Waals surface area (Å²) in [6.45, 7) is 6.89. The van der Waals surface area contributed by atoms with E-state index >= 15 is 0 Å². The van der Waals surface area contributed by atoms with Gasteiger partial charge in [0.1, 0.15) is 11.9 Å². The van der Waals surface area contributed by atoms with E-state index in [1.807, 2.05) is 31.2 Å². The van der Waals surface area contributed by atoms with Crippen molar-refractivity contribution in [1.82, 2.24) is 25.8 Å². The van der Waals surface area contributed by atoms with Gasteiger partial charge >= 0.3 is 0 Å². The molecule has 0 spiro atoms. The predicted molar refractivity (Wildman–Crippen MR) is 116 cm³/mol. The molecule has 1 aromatic carbocycles. The van der Waals surface area contributed by atoms with Crippen LogP contribution in [0.2, 0.25) is 0 Å². The summed E-state index contributed by atoms with van der Waals surface area (Å²) in [4.78, 5) is 31.5. The van der Waals surface area contributed by atoms with E-state index in [4.69, 9.17) is 5.73 Å². The van der Waals surface area contributed by atoms with Crippen molar-refractivity contribution in [3.05, 3.63) is 59.3 Å². The van der Waals surface area contributed by atoms with Crippen LogP contribution < -0.4 is 21.7 Å². The number of carbonyl (C=O) groups excluding carboxylic acids is 2. The minimum atomic E-state index is -0.633. The number of nitrogens with one attached hydrogen (secondary N) is 3. The summed E-state index contributed by atoms with van der Waals surface area (Å²) >= 11 is 0. The largest absolute Gasteiger partial charge is 0.384 e. The van der Waals surface area contributed by atoms with Gasteiger partial charge in [-0.2, -0.15) is 0 Å². The van der Waals surface area contributed by atoms with Crippen molar-refractivity contribution in [1.29, 1.82) is 0 Å². The van der Waals surface area contributed by atoms with Gasteiger partial charge < -0.3 is 21.7 Å². The van der Waals surface area contributed by atoms with Gasteiger partial charge in [0.2, 0.25) is 11.8 Å². The molecule has 1 aliphatic heterocycles. The van der Waals surface area contributed by atoms with Crippen molar-refractivity contribution >= 4 is 17.6 Å². The zero-order chi connectivity index (χ0) is 21.5. The second kappa shape index (κ2) is 10.2. The summed E-state index contributed by atoms with van der Waals surface area (Å²) in [6.07, 6.45) is 0. The predicted octanol–water partition coefficient (Wildman–Crippen LogP) is 0.567. The van der Waals surface area contributed by atoms with E-state index in [0.29, 0.717) is 18.9 Å². The van der Waals surface area contributed by atoms with E-state index in [-0.39, 0.29) is 17.9 Å². The Morgan fingerprint density at radius 2 is 2.03 bits per heavy atom. The van der Waals surface area contributed by atoms with Gasteiger partial charge in [-0.15, -0.1) is 0 Å². The van der Waals surface area contributed by atoms with Gasteiger partial charge in [0.25, 0.3) is 0 Å². The minimum Gasteiger partial charge on any atom is -0.384 e. The molecule has 5 N–H and O–H groups in total. The molecule has 1 fully saturated rings. The number of nitrogens with two attached hydrogens (primary N) is 1. The monoisotopic (exact) mass is 410 g/mol. The molecule has 0 bridgehead atoms. The molecule has 8 heteroatoms. The summed E-state index contributed by atoms with van der Waals surface area (Å²) < 4.78 is 0. The zero-order valence-corrected chi connectivity index (χ0v) is 17.5. The Bertz CT molecular complexity index is 873. The fourth-order valence-corrected chi connectivity index (χ4v) is 3.48. The van der Waals surface area contributed by atoms with Gasteiger partial charge in [-0.1, -0.05) is 36.4 Å². The van der Waals surface area contributed by atoms with Crippen LogP contribution in [0.4, 0.5) is 5.82 Å². The van der Waals surface area contributed by atoms with Crippen LogP contribution in [-0.2, 0) is 22.7 Å². The maximum absolute atomic E-state index is 12.7. The molecule has 2 heterocycles. The fraction of sp³-hybridized carbons (Fsp3) is 0.409. The van der Waals surface area contributed by atoms with Crippen LogP contribution in [0.5, 0.6) is 0 Å². The van der Waals surface area contributed by atoms with Crippen LogP contribution >= 0.6 is 0 Å². The molecule has 30 heavy (non-hydrogen) atoms. The summed E-state index contributed by atoms with van der Waals surface area (Å²) in [5, 5.41) is 8.91. The van der Waals surface area contributed by atoms with Crippen LogP contribution in [0.3, 0.4) is 0 Å². The van der Waals surface area contributed by atoms with Gasteiger partial charge in [-0.3, -0.25) is 14.5 Å². The number of hydrogen-bond donors (Lipinski definition) is 4. The Balaban J connectivity index is 1.47. The number of pyridine rings is 1. The van der Waals surface area contributed by atoms with Crippen molar-refractivity contribution in [2.24, 2.45) is 0 Å². The number of aryl methyl sites for hydroxylation is 1. The first-order chi connectivity index (χ1) is 14.4. The van der Waals surface area contributed by atoms with Crippen molar-refractivity contribution in [3.8, 4) is 0 Å². The van der Waals surface area contributed by atoms with Crippen LogP contribution in [0, 0.1) is 6.92 Å². The Kier molecular flexibility index (Phi) is 7.37. The normalized spacial score (nSPS) is 17.9. The topological polar surface area (TPSA) is 112 Å². The van der Waals surface area contributed by atoms with E-state index in [9.17, 15) is 9.59 Å². The average molecular weight is 411 g/mol. The van der Waals surface area contributed by atoms with Crippen LogP contribution in [0.15, 0.2) is 42.5 Å². The molecule has 3 rings (SSSR count). The molecule has 8 nitrogen and oxygen atoms in total. The smallest absolute Gasteiger partial charge is 0.242 e. The molecule has 160 valence electrons. The highest BCUT2D eigenvalue weighted by atomic mass is 16.2. The van der Waals surface area contributed by atoms with Crippen LogP contribution in [0.1, 0.15) is 23.7 Å². The van der Waals surface area contributed by atoms with Crippen molar-refractivity contribution in [3.63, 3.8) is 0 Å². The van der Waals surface area contributed by atoms with E-state index in [0.717, 1.165) is 30.9 Å². The zero-order valence-electron chi connectivity index (χ0n) is 17.5. The highest BCUT2D eigenvalue weighted by Gasteiger charge is 2.27. The number of aromatic nitrogens is 1.